The van der Waals surface area contributed by atoms with Gasteiger partial charge in [0, 0.05) is 0 Å². The second kappa shape index (κ2) is 9.79. The number of methoxy groups -OCH3 is 1. The molecule has 0 aliphatic carbocycles. The summed E-state index contributed by atoms with van der Waals surface area (Å²) in [5.41, 5.74) is 5.73. The smallest absolute Gasteiger partial charge is 0.277 e. The van der Waals surface area contributed by atoms with E-state index < -0.39 is 0 Å². The number of hydrogen-bond acceptors (Lipinski definition) is 4. The first-order valence-corrected chi connectivity index (χ1v) is 10.2. The molecule has 0 aliphatic heterocycles. The van der Waals surface area contributed by atoms with Gasteiger partial charge in [0.15, 0.2) is 6.61 Å². The second-order valence-electron chi connectivity index (χ2n) is 9.40. The summed E-state index contributed by atoms with van der Waals surface area (Å²) in [6.45, 7) is 13.0. The van der Waals surface area contributed by atoms with E-state index in [2.05, 4.69) is 57.3 Å². The molecule has 162 valence electrons. The number of amides is 1. The molecule has 0 spiro atoms. The van der Waals surface area contributed by atoms with Crippen LogP contribution in [0.1, 0.15) is 59.1 Å². The van der Waals surface area contributed by atoms with Crippen molar-refractivity contribution in [2.75, 3.05) is 13.7 Å². The van der Waals surface area contributed by atoms with Crippen LogP contribution in [0.2, 0.25) is 0 Å². The highest BCUT2D eigenvalue weighted by Gasteiger charge is 2.27. The van der Waals surface area contributed by atoms with Crippen LogP contribution in [0.15, 0.2) is 53.6 Å². The Bertz CT molecular complexity index is 861. The fourth-order valence-electron chi connectivity index (χ4n) is 3.65. The number of nitrogens with zero attached hydrogens (tertiary/aromatic N) is 1. The highest BCUT2D eigenvalue weighted by atomic mass is 16.5. The number of hydrazone groups is 1. The van der Waals surface area contributed by atoms with E-state index in [0.29, 0.717) is 11.5 Å². The molecule has 0 saturated heterocycles. The van der Waals surface area contributed by atoms with Gasteiger partial charge in [0.2, 0.25) is 0 Å². The molecule has 2 aromatic rings. The molecule has 2 rings (SSSR count). The molecule has 0 heterocycles. The van der Waals surface area contributed by atoms with Gasteiger partial charge in [-0.25, -0.2) is 5.43 Å². The minimum Gasteiger partial charge on any atom is -0.497 e. The van der Waals surface area contributed by atoms with Crippen LogP contribution in [0.3, 0.4) is 0 Å². The van der Waals surface area contributed by atoms with Crippen LogP contribution < -0.4 is 14.9 Å². The van der Waals surface area contributed by atoms with Gasteiger partial charge in [0.25, 0.3) is 5.91 Å². The van der Waals surface area contributed by atoms with E-state index in [0.717, 1.165) is 17.7 Å². The first-order valence-electron chi connectivity index (χ1n) is 10.2. The Hall–Kier alpha value is -2.82. The molecule has 0 atom stereocenters. The normalized spacial score (nSPS) is 12.4. The van der Waals surface area contributed by atoms with Crippen molar-refractivity contribution in [3.05, 3.63) is 59.7 Å². The van der Waals surface area contributed by atoms with Crippen molar-refractivity contribution in [1.29, 1.82) is 0 Å². The van der Waals surface area contributed by atoms with Crippen molar-refractivity contribution in [2.45, 2.75) is 53.4 Å². The molecule has 2 aromatic carbocycles. The lowest BCUT2D eigenvalue weighted by molar-refractivity contribution is -0.123. The summed E-state index contributed by atoms with van der Waals surface area (Å²) < 4.78 is 10.7. The van der Waals surface area contributed by atoms with Gasteiger partial charge in [-0.2, -0.15) is 5.10 Å². The number of ether oxygens (including phenoxy) is 2. The molecular formula is C25H34N2O3. The van der Waals surface area contributed by atoms with E-state index in [-0.39, 0.29) is 23.3 Å². The van der Waals surface area contributed by atoms with E-state index in [1.807, 2.05) is 43.3 Å². The number of nitrogens with one attached hydrogen (secondary N) is 1. The Kier molecular flexibility index (Phi) is 7.65. The molecule has 0 fully saturated rings. The lowest BCUT2D eigenvalue weighted by Crippen LogP contribution is -2.26. The van der Waals surface area contributed by atoms with E-state index in [1.54, 1.807) is 7.11 Å². The third-order valence-corrected chi connectivity index (χ3v) is 4.83. The predicted molar refractivity (Wildman–Crippen MR) is 122 cm³/mol. The Morgan fingerprint density at radius 3 is 2.03 bits per heavy atom. The van der Waals surface area contributed by atoms with Gasteiger partial charge >= 0.3 is 0 Å². The van der Waals surface area contributed by atoms with Crippen LogP contribution >= 0.6 is 0 Å². The first-order chi connectivity index (χ1) is 14.0. The van der Waals surface area contributed by atoms with Crippen LogP contribution in [0, 0.1) is 5.41 Å². The van der Waals surface area contributed by atoms with E-state index >= 15 is 0 Å². The van der Waals surface area contributed by atoms with E-state index in [1.165, 1.54) is 5.56 Å². The van der Waals surface area contributed by atoms with Crippen molar-refractivity contribution >= 4 is 11.6 Å². The number of rotatable bonds is 8. The fraction of sp³-hybridized carbons (Fsp3) is 0.440. The molecule has 30 heavy (non-hydrogen) atoms. The van der Waals surface area contributed by atoms with Crippen molar-refractivity contribution < 1.29 is 14.3 Å². The van der Waals surface area contributed by atoms with Crippen LogP contribution in [-0.4, -0.2) is 25.3 Å². The second-order valence-corrected chi connectivity index (χ2v) is 9.40. The maximum absolute atomic E-state index is 12.1. The average Bonchev–Trinajstić information content (AvgIpc) is 2.69. The van der Waals surface area contributed by atoms with Crippen molar-refractivity contribution in [2.24, 2.45) is 10.5 Å². The number of carbonyl (C=O) groups excluding carboxylic acids is 1. The van der Waals surface area contributed by atoms with Gasteiger partial charge in [-0.1, -0.05) is 46.8 Å². The molecule has 0 aromatic heterocycles. The Morgan fingerprint density at radius 2 is 1.50 bits per heavy atom. The summed E-state index contributed by atoms with van der Waals surface area (Å²) >= 11 is 0. The molecule has 0 unspecified atom stereocenters. The molecule has 1 N–H and O–H groups in total. The van der Waals surface area contributed by atoms with Gasteiger partial charge in [-0.15, -0.1) is 0 Å². The van der Waals surface area contributed by atoms with Crippen LogP contribution in [0.25, 0.3) is 0 Å². The molecule has 0 radical (unpaired) electrons. The number of benzene rings is 2. The quantitative estimate of drug-likeness (QED) is 0.473. The predicted octanol–water partition coefficient (Wildman–Crippen LogP) is 5.33. The maximum Gasteiger partial charge on any atom is 0.277 e. The van der Waals surface area contributed by atoms with Gasteiger partial charge in [-0.05, 0) is 71.7 Å². The third-order valence-electron chi connectivity index (χ3n) is 4.83. The summed E-state index contributed by atoms with van der Waals surface area (Å²) in [4.78, 5) is 12.1. The third kappa shape index (κ3) is 7.21. The zero-order valence-corrected chi connectivity index (χ0v) is 19.2. The summed E-state index contributed by atoms with van der Waals surface area (Å²) in [6, 6.07) is 15.5. The van der Waals surface area contributed by atoms with Gasteiger partial charge in [0.1, 0.15) is 11.5 Å². The molecule has 1 amide bonds. The Labute approximate surface area is 180 Å². The molecule has 0 aliphatic rings. The highest BCUT2D eigenvalue weighted by Crippen LogP contribution is 2.36. The van der Waals surface area contributed by atoms with Crippen LogP contribution in [-0.2, 0) is 10.2 Å². The van der Waals surface area contributed by atoms with E-state index in [4.69, 9.17) is 9.47 Å². The van der Waals surface area contributed by atoms with Crippen LogP contribution in [0.5, 0.6) is 11.5 Å². The highest BCUT2D eigenvalue weighted by molar-refractivity contribution is 5.99. The summed E-state index contributed by atoms with van der Waals surface area (Å²) in [5.74, 6) is 1.13. The zero-order valence-electron chi connectivity index (χ0n) is 19.2. The SMILES string of the molecule is COc1ccc(/C(C)=N\NC(=O)COc2ccc(C(C)(C)CC(C)(C)C)cc2)cc1. The average molecular weight is 411 g/mol. The van der Waals surface area contributed by atoms with Gasteiger partial charge < -0.3 is 9.47 Å². The molecule has 5 heteroatoms. The van der Waals surface area contributed by atoms with Gasteiger partial charge in [0.05, 0.1) is 12.8 Å². The number of carbonyl (C=O) groups is 1. The Balaban J connectivity index is 1.88. The summed E-state index contributed by atoms with van der Waals surface area (Å²) in [5, 5.41) is 4.14. The monoisotopic (exact) mass is 410 g/mol. The number of hydrogen-bond donors (Lipinski definition) is 1. The van der Waals surface area contributed by atoms with Crippen molar-refractivity contribution in [1.82, 2.24) is 5.43 Å². The fourth-order valence-corrected chi connectivity index (χ4v) is 3.65. The maximum atomic E-state index is 12.1. The lowest BCUT2D eigenvalue weighted by Gasteiger charge is -2.33. The Morgan fingerprint density at radius 1 is 0.933 bits per heavy atom. The molecule has 0 saturated carbocycles. The molecular weight excluding hydrogens is 376 g/mol. The minimum atomic E-state index is -0.306. The van der Waals surface area contributed by atoms with Crippen LogP contribution in [0.4, 0.5) is 0 Å². The topological polar surface area (TPSA) is 59.9 Å². The van der Waals surface area contributed by atoms with E-state index in [9.17, 15) is 4.79 Å². The molecule has 5 nitrogen and oxygen atoms in total. The van der Waals surface area contributed by atoms with Gasteiger partial charge in [-0.3, -0.25) is 4.79 Å². The molecule has 0 bridgehead atoms. The summed E-state index contributed by atoms with van der Waals surface area (Å²) in [7, 11) is 1.62. The minimum absolute atomic E-state index is 0.0713. The first kappa shape index (κ1) is 23.5. The summed E-state index contributed by atoms with van der Waals surface area (Å²) in [6.07, 6.45) is 1.08. The zero-order chi connectivity index (χ0) is 22.4. The standard InChI is InChI=1S/C25H34N2O3/c1-18(19-8-12-21(29-7)13-9-19)26-27-23(28)16-30-22-14-10-20(11-15-22)25(5,6)17-24(2,3)4/h8-15H,16-17H2,1-7H3,(H,27,28)/b26-18-. The lowest BCUT2D eigenvalue weighted by atomic mass is 9.72. The van der Waals surface area contributed by atoms with Crippen molar-refractivity contribution in [3.8, 4) is 11.5 Å². The largest absolute Gasteiger partial charge is 0.497 e. The van der Waals surface area contributed by atoms with Crippen molar-refractivity contribution in [3.63, 3.8) is 0 Å².